The van der Waals surface area contributed by atoms with Crippen molar-refractivity contribution in [3.63, 3.8) is 0 Å². The normalized spacial score (nSPS) is 23.0. The molecular formula is C15H29ClN2O4S. The number of sulfone groups is 1. The maximum atomic E-state index is 12.5. The smallest absolute Gasteiger partial charge is 0.239 e. The lowest BCUT2D eigenvalue weighted by atomic mass is 9.92. The molecule has 0 bridgehead atoms. The molecular weight excluding hydrogens is 340 g/mol. The Morgan fingerprint density at radius 1 is 1.26 bits per heavy atom. The molecule has 1 unspecified atom stereocenters. The summed E-state index contributed by atoms with van der Waals surface area (Å²) in [4.78, 5) is 14.3. The molecule has 1 saturated heterocycles. The molecule has 1 heterocycles. The molecule has 1 amide bonds. The summed E-state index contributed by atoms with van der Waals surface area (Å²) in [5, 5.41) is 0. The molecule has 8 heteroatoms. The summed E-state index contributed by atoms with van der Waals surface area (Å²) in [5.41, 5.74) is 5.70. The topological polar surface area (TPSA) is 89.7 Å². The van der Waals surface area contributed by atoms with Crippen LogP contribution < -0.4 is 5.73 Å². The lowest BCUT2D eigenvalue weighted by Crippen LogP contribution is -2.56. The first-order valence-corrected chi connectivity index (χ1v) is 10.2. The van der Waals surface area contributed by atoms with Crippen molar-refractivity contribution in [2.45, 2.75) is 56.6 Å². The second-order valence-corrected chi connectivity index (χ2v) is 8.99. The number of morpholine rings is 1. The van der Waals surface area contributed by atoms with Crippen LogP contribution >= 0.6 is 12.4 Å². The molecule has 136 valence electrons. The van der Waals surface area contributed by atoms with Crippen molar-refractivity contribution in [3.05, 3.63) is 0 Å². The van der Waals surface area contributed by atoms with Crippen molar-refractivity contribution in [1.29, 1.82) is 0 Å². The number of nitrogens with two attached hydrogens (primary N) is 1. The molecule has 1 aliphatic carbocycles. The van der Waals surface area contributed by atoms with Crippen LogP contribution in [-0.4, -0.2) is 62.6 Å². The predicted molar refractivity (Wildman–Crippen MR) is 92.5 cm³/mol. The van der Waals surface area contributed by atoms with Crippen LogP contribution in [0.2, 0.25) is 0 Å². The van der Waals surface area contributed by atoms with Crippen LogP contribution in [0.15, 0.2) is 0 Å². The highest BCUT2D eigenvalue weighted by molar-refractivity contribution is 7.90. The Morgan fingerprint density at radius 3 is 2.43 bits per heavy atom. The van der Waals surface area contributed by atoms with E-state index in [9.17, 15) is 13.2 Å². The maximum absolute atomic E-state index is 12.5. The monoisotopic (exact) mass is 368 g/mol. The Balaban J connectivity index is 0.00000264. The molecule has 2 fully saturated rings. The van der Waals surface area contributed by atoms with E-state index in [2.05, 4.69) is 0 Å². The van der Waals surface area contributed by atoms with E-state index in [1.165, 1.54) is 19.1 Å². The molecule has 6 nitrogen and oxygen atoms in total. The fourth-order valence-electron chi connectivity index (χ4n) is 3.41. The number of carbonyl (C=O) groups excluding carboxylic acids is 1. The van der Waals surface area contributed by atoms with Gasteiger partial charge in [-0.15, -0.1) is 12.4 Å². The molecule has 1 saturated carbocycles. The summed E-state index contributed by atoms with van der Waals surface area (Å²) < 4.78 is 28.5. The number of hydrogen-bond donors (Lipinski definition) is 1. The van der Waals surface area contributed by atoms with E-state index < -0.39 is 15.9 Å². The van der Waals surface area contributed by atoms with Gasteiger partial charge in [0.2, 0.25) is 5.91 Å². The van der Waals surface area contributed by atoms with Crippen LogP contribution in [0.4, 0.5) is 0 Å². The minimum absolute atomic E-state index is 0. The Bertz CT molecular complexity index is 490. The van der Waals surface area contributed by atoms with Gasteiger partial charge in [0, 0.05) is 19.3 Å². The van der Waals surface area contributed by atoms with Crippen LogP contribution in [0.25, 0.3) is 0 Å². The predicted octanol–water partition coefficient (Wildman–Crippen LogP) is 1.12. The fourth-order valence-corrected chi connectivity index (χ4v) is 4.09. The number of rotatable bonds is 4. The summed E-state index contributed by atoms with van der Waals surface area (Å²) in [6.45, 7) is 1.69. The van der Waals surface area contributed by atoms with Crippen molar-refractivity contribution in [2.24, 2.45) is 5.73 Å². The molecule has 2 N–H and O–H groups in total. The summed E-state index contributed by atoms with van der Waals surface area (Å²) >= 11 is 0. The molecule has 1 atom stereocenters. The average molecular weight is 369 g/mol. The molecule has 23 heavy (non-hydrogen) atoms. The molecule has 0 aromatic carbocycles. The first-order valence-electron chi connectivity index (χ1n) is 8.17. The number of nitrogens with zero attached hydrogens (tertiary/aromatic N) is 1. The zero-order chi connectivity index (χ0) is 16.2. The maximum Gasteiger partial charge on any atom is 0.239 e. The Hall–Kier alpha value is -0.370. The summed E-state index contributed by atoms with van der Waals surface area (Å²) in [6.07, 6.45) is 8.08. The first-order chi connectivity index (χ1) is 10.3. The Labute approximate surface area is 145 Å². The van der Waals surface area contributed by atoms with E-state index in [0.717, 1.165) is 25.7 Å². The zero-order valence-electron chi connectivity index (χ0n) is 13.8. The zero-order valence-corrected chi connectivity index (χ0v) is 15.5. The second kappa shape index (κ2) is 8.65. The van der Waals surface area contributed by atoms with Gasteiger partial charge in [0.25, 0.3) is 0 Å². The number of ether oxygens (including phenoxy) is 1. The number of halogens is 1. The largest absolute Gasteiger partial charge is 0.371 e. The van der Waals surface area contributed by atoms with Crippen molar-refractivity contribution in [3.8, 4) is 0 Å². The first kappa shape index (κ1) is 20.7. The Morgan fingerprint density at radius 2 is 1.87 bits per heavy atom. The van der Waals surface area contributed by atoms with Crippen LogP contribution in [-0.2, 0) is 19.4 Å². The van der Waals surface area contributed by atoms with Crippen molar-refractivity contribution in [2.75, 3.05) is 31.7 Å². The summed E-state index contributed by atoms with van der Waals surface area (Å²) in [7, 11) is -3.09. The Kier molecular flexibility index (Phi) is 7.77. The number of carbonyl (C=O) groups is 1. The van der Waals surface area contributed by atoms with Crippen LogP contribution in [0.3, 0.4) is 0 Å². The average Bonchev–Trinajstić information content (AvgIpc) is 2.69. The van der Waals surface area contributed by atoms with E-state index in [1.54, 1.807) is 4.90 Å². The lowest BCUT2D eigenvalue weighted by Gasteiger charge is -2.43. The van der Waals surface area contributed by atoms with Gasteiger partial charge in [0.1, 0.15) is 9.84 Å². The van der Waals surface area contributed by atoms with Gasteiger partial charge < -0.3 is 15.4 Å². The van der Waals surface area contributed by atoms with Gasteiger partial charge >= 0.3 is 0 Å². The number of hydrogen-bond acceptors (Lipinski definition) is 5. The van der Waals surface area contributed by atoms with E-state index in [1.807, 2.05) is 0 Å². The third kappa shape index (κ3) is 6.21. The molecule has 1 aliphatic heterocycles. The van der Waals surface area contributed by atoms with E-state index >= 15 is 0 Å². The standard InChI is InChI=1S/C15H28N2O4S.ClH/c1-22(19,20)11-6-13(16)14(18)17-9-10-21-15(12-17)7-4-2-3-5-8-15;/h13H,2-12,16H2,1H3;1H. The quantitative estimate of drug-likeness (QED) is 0.803. The molecule has 0 radical (unpaired) electrons. The molecule has 0 aromatic rings. The highest BCUT2D eigenvalue weighted by Gasteiger charge is 2.39. The van der Waals surface area contributed by atoms with Gasteiger partial charge in [-0.3, -0.25) is 4.79 Å². The molecule has 1 spiro atoms. The SMILES string of the molecule is CS(=O)(=O)CCC(N)C(=O)N1CCOC2(CCCCCC2)C1.Cl. The summed E-state index contributed by atoms with van der Waals surface area (Å²) in [5.74, 6) is -0.189. The second-order valence-electron chi connectivity index (χ2n) is 6.73. The molecule has 2 rings (SSSR count). The van der Waals surface area contributed by atoms with E-state index in [0.29, 0.717) is 19.7 Å². The summed E-state index contributed by atoms with van der Waals surface area (Å²) in [6, 6.07) is -0.740. The number of amides is 1. The van der Waals surface area contributed by atoms with Crippen LogP contribution in [0.5, 0.6) is 0 Å². The van der Waals surface area contributed by atoms with Crippen molar-refractivity contribution < 1.29 is 17.9 Å². The van der Waals surface area contributed by atoms with E-state index in [-0.39, 0.29) is 36.1 Å². The molecule has 0 aromatic heterocycles. The van der Waals surface area contributed by atoms with Gasteiger partial charge in [-0.1, -0.05) is 25.7 Å². The van der Waals surface area contributed by atoms with Gasteiger partial charge in [-0.05, 0) is 19.3 Å². The highest BCUT2D eigenvalue weighted by atomic mass is 35.5. The van der Waals surface area contributed by atoms with E-state index in [4.69, 9.17) is 10.5 Å². The van der Waals surface area contributed by atoms with Crippen molar-refractivity contribution in [1.82, 2.24) is 4.90 Å². The van der Waals surface area contributed by atoms with Gasteiger partial charge in [0.05, 0.1) is 24.0 Å². The minimum Gasteiger partial charge on any atom is -0.371 e. The third-order valence-electron chi connectivity index (χ3n) is 4.69. The van der Waals surface area contributed by atoms with Gasteiger partial charge in [-0.2, -0.15) is 0 Å². The van der Waals surface area contributed by atoms with Crippen molar-refractivity contribution >= 4 is 28.2 Å². The van der Waals surface area contributed by atoms with Gasteiger partial charge in [-0.25, -0.2) is 8.42 Å². The van der Waals surface area contributed by atoms with Crippen LogP contribution in [0, 0.1) is 0 Å². The highest BCUT2D eigenvalue weighted by Crippen LogP contribution is 2.33. The minimum atomic E-state index is -3.09. The van der Waals surface area contributed by atoms with Gasteiger partial charge in [0.15, 0.2) is 0 Å². The fraction of sp³-hybridized carbons (Fsp3) is 0.933. The van der Waals surface area contributed by atoms with Crippen LogP contribution in [0.1, 0.15) is 44.9 Å². The third-order valence-corrected chi connectivity index (χ3v) is 5.67. The lowest BCUT2D eigenvalue weighted by molar-refractivity contribution is -0.154. The molecule has 2 aliphatic rings.